The van der Waals surface area contributed by atoms with Crippen molar-refractivity contribution in [1.29, 1.82) is 0 Å². The normalized spacial score (nSPS) is 10.2. The fraction of sp³-hybridized carbons (Fsp3) is 0.200. The molecule has 2 aromatic rings. The van der Waals surface area contributed by atoms with Crippen molar-refractivity contribution in [3.63, 3.8) is 0 Å². The Kier molecular flexibility index (Phi) is 2.82. The molecule has 0 radical (unpaired) electrons. The number of nitrogens with two attached hydrogens (primary N) is 1. The van der Waals surface area contributed by atoms with Crippen LogP contribution in [-0.4, -0.2) is 9.97 Å². The molecule has 0 unspecified atom stereocenters. The number of pyridine rings is 1. The number of anilines is 2. The van der Waals surface area contributed by atoms with Gasteiger partial charge in [0, 0.05) is 11.6 Å². The van der Waals surface area contributed by atoms with Gasteiger partial charge in [-0.3, -0.25) is 0 Å². The first-order chi connectivity index (χ1) is 7.25. The van der Waals surface area contributed by atoms with Gasteiger partial charge in [0.25, 0.3) is 0 Å². The third kappa shape index (κ3) is 2.44. The van der Waals surface area contributed by atoms with Crippen molar-refractivity contribution < 1.29 is 0 Å². The highest BCUT2D eigenvalue weighted by Gasteiger charge is 2.01. The maximum atomic E-state index is 5.82. The smallest absolute Gasteiger partial charge is 0.149 e. The Morgan fingerprint density at radius 3 is 3.00 bits per heavy atom. The topological polar surface area (TPSA) is 63.8 Å². The maximum absolute atomic E-state index is 5.82. The molecule has 3 N–H and O–H groups in total. The van der Waals surface area contributed by atoms with Gasteiger partial charge in [-0.15, -0.1) is 11.3 Å². The molecule has 0 aromatic carbocycles. The zero-order chi connectivity index (χ0) is 10.7. The summed E-state index contributed by atoms with van der Waals surface area (Å²) in [6, 6.07) is 1.90. The quantitative estimate of drug-likeness (QED) is 0.830. The van der Waals surface area contributed by atoms with E-state index in [1.807, 2.05) is 23.9 Å². The first-order valence-electron chi connectivity index (χ1n) is 4.59. The lowest BCUT2D eigenvalue weighted by molar-refractivity contribution is 1.05. The molecule has 2 rings (SSSR count). The first kappa shape index (κ1) is 9.92. The highest BCUT2D eigenvalue weighted by atomic mass is 32.1. The lowest BCUT2D eigenvalue weighted by atomic mass is 10.3. The predicted molar refractivity (Wildman–Crippen MR) is 62.8 cm³/mol. The van der Waals surface area contributed by atoms with Gasteiger partial charge in [-0.05, 0) is 18.6 Å². The second-order valence-electron chi connectivity index (χ2n) is 3.28. The lowest BCUT2D eigenvalue weighted by Gasteiger charge is -2.06. The van der Waals surface area contributed by atoms with Crippen LogP contribution in [0.3, 0.4) is 0 Å². The summed E-state index contributed by atoms with van der Waals surface area (Å²) in [6.45, 7) is 2.62. The fourth-order valence-electron chi connectivity index (χ4n) is 1.24. The van der Waals surface area contributed by atoms with Gasteiger partial charge in [-0.25, -0.2) is 9.97 Å². The summed E-state index contributed by atoms with van der Waals surface area (Å²) in [5, 5.41) is 5.15. The van der Waals surface area contributed by atoms with Crippen LogP contribution in [0.5, 0.6) is 0 Å². The molecule has 0 amide bonds. The number of aryl methyl sites for hydroxylation is 1. The number of nitrogens with one attached hydrogen (secondary N) is 1. The molecule has 78 valence electrons. The zero-order valence-corrected chi connectivity index (χ0v) is 9.21. The van der Waals surface area contributed by atoms with Crippen molar-refractivity contribution in [1.82, 2.24) is 9.97 Å². The Hall–Kier alpha value is -1.62. The van der Waals surface area contributed by atoms with E-state index in [9.17, 15) is 0 Å². The number of hydrogen-bond acceptors (Lipinski definition) is 5. The van der Waals surface area contributed by atoms with Gasteiger partial charge in [0.15, 0.2) is 0 Å². The third-order valence-electron chi connectivity index (χ3n) is 1.97. The van der Waals surface area contributed by atoms with Crippen LogP contribution in [0, 0.1) is 6.92 Å². The molecule has 0 fully saturated rings. The van der Waals surface area contributed by atoms with E-state index in [1.165, 1.54) is 0 Å². The monoisotopic (exact) mass is 220 g/mol. The zero-order valence-electron chi connectivity index (χ0n) is 8.40. The molecule has 0 atom stereocenters. The van der Waals surface area contributed by atoms with Crippen LogP contribution in [-0.2, 0) is 6.54 Å². The Labute approximate surface area is 92.2 Å². The first-order valence-corrected chi connectivity index (χ1v) is 5.53. The number of rotatable bonds is 3. The summed E-state index contributed by atoms with van der Waals surface area (Å²) in [5.41, 5.74) is 10.4. The molecule has 0 aliphatic carbocycles. The van der Waals surface area contributed by atoms with Gasteiger partial charge in [0.05, 0.1) is 23.4 Å². The van der Waals surface area contributed by atoms with Crippen molar-refractivity contribution in [2.24, 2.45) is 0 Å². The number of thiazole rings is 1. The molecule has 4 nitrogen and oxygen atoms in total. The molecule has 15 heavy (non-hydrogen) atoms. The maximum Gasteiger partial charge on any atom is 0.149 e. The van der Waals surface area contributed by atoms with Gasteiger partial charge < -0.3 is 11.1 Å². The van der Waals surface area contributed by atoms with E-state index in [1.54, 1.807) is 17.5 Å². The van der Waals surface area contributed by atoms with Gasteiger partial charge >= 0.3 is 0 Å². The average Bonchev–Trinajstić information content (AvgIpc) is 2.69. The van der Waals surface area contributed by atoms with Gasteiger partial charge in [-0.1, -0.05) is 0 Å². The lowest BCUT2D eigenvalue weighted by Crippen LogP contribution is -2.04. The Morgan fingerprint density at radius 1 is 1.47 bits per heavy atom. The summed E-state index contributed by atoms with van der Waals surface area (Å²) in [5.74, 6) is 0.716. The van der Waals surface area contributed by atoms with Crippen LogP contribution in [0.25, 0.3) is 0 Å². The fourth-order valence-corrected chi connectivity index (χ4v) is 1.80. The number of aromatic nitrogens is 2. The van der Waals surface area contributed by atoms with Gasteiger partial charge in [0.2, 0.25) is 0 Å². The minimum atomic E-state index is 0.657. The van der Waals surface area contributed by atoms with Gasteiger partial charge in [0.1, 0.15) is 5.82 Å². The van der Waals surface area contributed by atoms with E-state index < -0.39 is 0 Å². The standard InChI is InChI=1S/C10H12N4S/c1-7-2-9(11)10(12-3-7)13-4-8-5-15-6-14-8/h2-3,5-6H,4,11H2,1H3,(H,12,13). The Morgan fingerprint density at radius 2 is 2.33 bits per heavy atom. The molecule has 2 aromatic heterocycles. The Balaban J connectivity index is 2.05. The van der Waals surface area contributed by atoms with E-state index in [0.29, 0.717) is 18.1 Å². The molecular formula is C10H12N4S. The van der Waals surface area contributed by atoms with E-state index in [4.69, 9.17) is 5.73 Å². The predicted octanol–water partition coefficient (Wildman–Crippen LogP) is 2.04. The van der Waals surface area contributed by atoms with Crippen LogP contribution in [0.15, 0.2) is 23.2 Å². The summed E-state index contributed by atoms with van der Waals surface area (Å²) in [6.07, 6.45) is 1.79. The largest absolute Gasteiger partial charge is 0.396 e. The minimum Gasteiger partial charge on any atom is -0.396 e. The molecular weight excluding hydrogens is 208 g/mol. The molecule has 0 saturated heterocycles. The summed E-state index contributed by atoms with van der Waals surface area (Å²) >= 11 is 1.58. The molecule has 0 aliphatic rings. The molecule has 0 spiro atoms. The molecule has 0 aliphatic heterocycles. The number of nitrogens with zero attached hydrogens (tertiary/aromatic N) is 2. The van der Waals surface area contributed by atoms with Crippen molar-refractivity contribution in [2.45, 2.75) is 13.5 Å². The van der Waals surface area contributed by atoms with E-state index in [-0.39, 0.29) is 0 Å². The minimum absolute atomic E-state index is 0.657. The van der Waals surface area contributed by atoms with Crippen molar-refractivity contribution in [2.75, 3.05) is 11.1 Å². The Bertz CT molecular complexity index is 439. The van der Waals surface area contributed by atoms with Crippen LogP contribution < -0.4 is 11.1 Å². The van der Waals surface area contributed by atoms with Crippen molar-refractivity contribution in [3.05, 3.63) is 34.4 Å². The highest BCUT2D eigenvalue weighted by Crippen LogP contribution is 2.16. The number of nitrogen functional groups attached to an aromatic ring is 1. The molecule has 0 saturated carbocycles. The van der Waals surface area contributed by atoms with Crippen LogP contribution in [0.4, 0.5) is 11.5 Å². The average molecular weight is 220 g/mol. The second kappa shape index (κ2) is 4.27. The summed E-state index contributed by atoms with van der Waals surface area (Å²) < 4.78 is 0. The van der Waals surface area contributed by atoms with E-state index in [0.717, 1.165) is 11.3 Å². The van der Waals surface area contributed by atoms with Crippen LogP contribution in [0.1, 0.15) is 11.3 Å². The molecule has 0 bridgehead atoms. The summed E-state index contributed by atoms with van der Waals surface area (Å²) in [4.78, 5) is 8.38. The van der Waals surface area contributed by atoms with Crippen LogP contribution in [0.2, 0.25) is 0 Å². The van der Waals surface area contributed by atoms with Crippen molar-refractivity contribution >= 4 is 22.8 Å². The highest BCUT2D eigenvalue weighted by molar-refractivity contribution is 7.07. The van der Waals surface area contributed by atoms with E-state index in [2.05, 4.69) is 15.3 Å². The summed E-state index contributed by atoms with van der Waals surface area (Å²) in [7, 11) is 0. The molecule has 2 heterocycles. The van der Waals surface area contributed by atoms with Gasteiger partial charge in [-0.2, -0.15) is 0 Å². The van der Waals surface area contributed by atoms with E-state index >= 15 is 0 Å². The SMILES string of the molecule is Cc1cnc(NCc2cscn2)c(N)c1. The van der Waals surface area contributed by atoms with Crippen LogP contribution >= 0.6 is 11.3 Å². The molecule has 5 heteroatoms. The number of hydrogen-bond donors (Lipinski definition) is 2. The second-order valence-corrected chi connectivity index (χ2v) is 4.00. The third-order valence-corrected chi connectivity index (χ3v) is 2.61. The van der Waals surface area contributed by atoms with Crippen molar-refractivity contribution in [3.8, 4) is 0 Å².